The first-order valence-electron chi connectivity index (χ1n) is 16.3. The molecule has 2 atom stereocenters. The van der Waals surface area contributed by atoms with E-state index in [1.807, 2.05) is 30.3 Å². The molecule has 0 aromatic heterocycles. The highest BCUT2D eigenvalue weighted by molar-refractivity contribution is 6.05. The van der Waals surface area contributed by atoms with Gasteiger partial charge in [-0.25, -0.2) is 0 Å². The number of non-ortho nitro benzene ring substituents is 1. The van der Waals surface area contributed by atoms with Crippen molar-refractivity contribution >= 4 is 29.6 Å². The lowest BCUT2D eigenvalue weighted by Gasteiger charge is -2.40. The van der Waals surface area contributed by atoms with Crippen LogP contribution in [0.2, 0.25) is 0 Å². The average Bonchev–Trinajstić information content (AvgIpc) is 3.10. The maximum Gasteiger partial charge on any atom is 0.316 e. The molecule has 0 N–H and O–H groups in total. The van der Waals surface area contributed by atoms with Gasteiger partial charge in [-0.3, -0.25) is 29.5 Å². The number of likely N-dealkylation sites (tertiary alicyclic amines) is 1. The molecule has 2 heterocycles. The number of hydrogen-bond acceptors (Lipinski definition) is 9. The number of ether oxygens (including phenoxy) is 1. The standard InChI is InChI=1S/C35H43N7O6/c1-25-31(26(2)44)32(27-13-15-29(16-14-27)42(46)47)33(30(38-25)12-7-8-19-37-39-36)41(24-43)21-9-20-40-22-17-35(18-23-40,34(45)48-3)28-10-5-4-6-11-28/h4-6,10-11,13-16,24,31-32H,7-9,12,17-23H2,1-3H3. The molecular weight excluding hydrogens is 614 g/mol. The molecule has 1 fully saturated rings. The van der Waals surface area contributed by atoms with Crippen LogP contribution in [0.3, 0.4) is 0 Å². The van der Waals surface area contributed by atoms with Gasteiger partial charge in [0.15, 0.2) is 0 Å². The van der Waals surface area contributed by atoms with Crippen molar-refractivity contribution < 1.29 is 24.0 Å². The number of ketones is 1. The number of hydrogen-bond donors (Lipinski definition) is 0. The van der Waals surface area contributed by atoms with Gasteiger partial charge in [-0.2, -0.15) is 0 Å². The van der Waals surface area contributed by atoms with Crippen molar-refractivity contribution in [3.05, 3.63) is 97.7 Å². The highest BCUT2D eigenvalue weighted by atomic mass is 16.6. The number of allylic oxidation sites excluding steroid dienone is 2. The summed E-state index contributed by atoms with van der Waals surface area (Å²) in [7, 11) is 1.42. The number of aliphatic imine (C=N–C) groups is 1. The lowest BCUT2D eigenvalue weighted by atomic mass is 9.72. The molecule has 0 bridgehead atoms. The van der Waals surface area contributed by atoms with Crippen molar-refractivity contribution in [1.82, 2.24) is 9.80 Å². The number of Topliss-reactive ketones (excluding diaryl/α,β-unsaturated/α-hetero) is 1. The number of methoxy groups -OCH3 is 1. The summed E-state index contributed by atoms with van der Waals surface area (Å²) >= 11 is 0. The van der Waals surface area contributed by atoms with Gasteiger partial charge in [-0.1, -0.05) is 47.6 Å². The SMILES string of the molecule is COC(=O)C1(c2ccccc2)CCN(CCCN(C=O)C2=C(CCCCN=[N+]=[N-])N=C(C)C(C(C)=O)C2c2ccc([N+](=O)[O-])cc2)CC1. The molecule has 2 unspecified atom stereocenters. The molecule has 48 heavy (non-hydrogen) atoms. The van der Waals surface area contributed by atoms with E-state index >= 15 is 0 Å². The number of unbranched alkanes of at least 4 members (excludes halogenated alkanes) is 1. The fraction of sp³-hybridized carbons (Fsp3) is 0.486. The Morgan fingerprint density at radius 1 is 1.15 bits per heavy atom. The maximum absolute atomic E-state index is 13.1. The topological polar surface area (TPSA) is 171 Å². The lowest BCUT2D eigenvalue weighted by molar-refractivity contribution is -0.384. The van der Waals surface area contributed by atoms with Crippen LogP contribution in [0.15, 0.2) is 76.1 Å². The Balaban J connectivity index is 1.58. The Labute approximate surface area is 280 Å². The lowest BCUT2D eigenvalue weighted by Crippen LogP contribution is -2.48. The van der Waals surface area contributed by atoms with Gasteiger partial charge in [-0.05, 0) is 88.7 Å². The van der Waals surface area contributed by atoms with Gasteiger partial charge in [0.05, 0.1) is 34.8 Å². The molecule has 2 aliphatic rings. The smallest absolute Gasteiger partial charge is 0.316 e. The van der Waals surface area contributed by atoms with Crippen LogP contribution in [0.5, 0.6) is 0 Å². The largest absolute Gasteiger partial charge is 0.468 e. The summed E-state index contributed by atoms with van der Waals surface area (Å²) in [6, 6.07) is 15.9. The monoisotopic (exact) mass is 657 g/mol. The van der Waals surface area contributed by atoms with Crippen molar-refractivity contribution in [2.45, 2.75) is 63.7 Å². The first-order valence-corrected chi connectivity index (χ1v) is 16.3. The zero-order valence-electron chi connectivity index (χ0n) is 27.8. The van der Waals surface area contributed by atoms with E-state index in [1.54, 1.807) is 24.0 Å². The van der Waals surface area contributed by atoms with E-state index in [-0.39, 0.29) is 17.4 Å². The van der Waals surface area contributed by atoms with Crippen LogP contribution < -0.4 is 0 Å². The average molecular weight is 658 g/mol. The Bertz CT molecular complexity index is 1580. The summed E-state index contributed by atoms with van der Waals surface area (Å²) in [5, 5.41) is 15.0. The summed E-state index contributed by atoms with van der Waals surface area (Å²) in [5.74, 6) is -1.57. The van der Waals surface area contributed by atoms with E-state index in [2.05, 4.69) is 14.9 Å². The first kappa shape index (κ1) is 36.0. The number of esters is 1. The summed E-state index contributed by atoms with van der Waals surface area (Å²) in [5.41, 5.74) is 11.4. The minimum absolute atomic E-state index is 0.0691. The molecule has 0 saturated carbocycles. The number of carbonyl (C=O) groups excluding carboxylic acids is 3. The molecule has 13 nitrogen and oxygen atoms in total. The molecule has 254 valence electrons. The van der Waals surface area contributed by atoms with Crippen molar-refractivity contribution in [3.8, 4) is 0 Å². The highest BCUT2D eigenvalue weighted by Crippen LogP contribution is 2.42. The molecule has 2 aromatic carbocycles. The van der Waals surface area contributed by atoms with Gasteiger partial charge < -0.3 is 14.5 Å². The zero-order valence-corrected chi connectivity index (χ0v) is 27.8. The van der Waals surface area contributed by atoms with Crippen molar-refractivity contribution in [2.24, 2.45) is 16.0 Å². The number of nitro groups is 1. The normalized spacial score (nSPS) is 19.1. The van der Waals surface area contributed by atoms with Crippen LogP contribution in [-0.4, -0.2) is 78.4 Å². The first-order chi connectivity index (χ1) is 23.2. The quantitative estimate of drug-likeness (QED) is 0.0306. The van der Waals surface area contributed by atoms with Crippen LogP contribution in [0.1, 0.15) is 69.4 Å². The van der Waals surface area contributed by atoms with E-state index in [9.17, 15) is 24.5 Å². The molecule has 4 rings (SSSR count). The molecule has 2 aliphatic heterocycles. The predicted octanol–water partition coefficient (Wildman–Crippen LogP) is 6.11. The number of carbonyl (C=O) groups is 3. The number of nitro benzene ring substituents is 1. The number of azide groups is 1. The summed E-state index contributed by atoms with van der Waals surface area (Å²) in [6.07, 6.45) is 4.40. The molecule has 2 aromatic rings. The molecule has 1 saturated heterocycles. The van der Waals surface area contributed by atoms with Gasteiger partial charge in [-0.15, -0.1) is 0 Å². The third-order valence-corrected chi connectivity index (χ3v) is 9.49. The Morgan fingerprint density at radius 2 is 1.83 bits per heavy atom. The number of nitrogens with zero attached hydrogens (tertiary/aromatic N) is 7. The van der Waals surface area contributed by atoms with Crippen molar-refractivity contribution in [1.29, 1.82) is 0 Å². The van der Waals surface area contributed by atoms with Gasteiger partial charge in [0.25, 0.3) is 5.69 Å². The van der Waals surface area contributed by atoms with Crippen LogP contribution in [-0.2, 0) is 24.5 Å². The Morgan fingerprint density at radius 3 is 2.42 bits per heavy atom. The summed E-state index contributed by atoms with van der Waals surface area (Å²) in [4.78, 5) is 61.4. The summed E-state index contributed by atoms with van der Waals surface area (Å²) in [6.45, 7) is 6.05. The minimum Gasteiger partial charge on any atom is -0.468 e. The molecule has 0 radical (unpaired) electrons. The van der Waals surface area contributed by atoms with Gasteiger partial charge in [0.2, 0.25) is 6.41 Å². The van der Waals surface area contributed by atoms with Crippen LogP contribution >= 0.6 is 0 Å². The van der Waals surface area contributed by atoms with Crippen molar-refractivity contribution in [3.63, 3.8) is 0 Å². The fourth-order valence-electron chi connectivity index (χ4n) is 7.07. The Kier molecular flexibility index (Phi) is 12.6. The fourth-order valence-corrected chi connectivity index (χ4v) is 7.07. The van der Waals surface area contributed by atoms with Crippen molar-refractivity contribution in [2.75, 3.05) is 39.8 Å². The van der Waals surface area contributed by atoms with E-state index in [0.717, 1.165) is 12.0 Å². The second kappa shape index (κ2) is 16.8. The second-order valence-corrected chi connectivity index (χ2v) is 12.3. The van der Waals surface area contributed by atoms with Crippen LogP contribution in [0, 0.1) is 16.0 Å². The van der Waals surface area contributed by atoms with E-state index in [0.29, 0.717) is 93.9 Å². The van der Waals surface area contributed by atoms with E-state index in [1.165, 1.54) is 26.2 Å². The van der Waals surface area contributed by atoms with Crippen LogP contribution in [0.4, 0.5) is 5.69 Å². The molecule has 1 amide bonds. The Hall–Kier alpha value is -4.87. The molecule has 0 aliphatic carbocycles. The van der Waals surface area contributed by atoms with E-state index in [4.69, 9.17) is 15.3 Å². The summed E-state index contributed by atoms with van der Waals surface area (Å²) < 4.78 is 5.24. The number of amides is 1. The third-order valence-electron chi connectivity index (χ3n) is 9.49. The van der Waals surface area contributed by atoms with Gasteiger partial charge in [0, 0.05) is 41.8 Å². The maximum atomic E-state index is 13.1. The molecule has 13 heteroatoms. The number of piperidine rings is 1. The molecular formula is C35H43N7O6. The minimum atomic E-state index is -0.697. The highest BCUT2D eigenvalue weighted by Gasteiger charge is 2.44. The third kappa shape index (κ3) is 8.15. The second-order valence-electron chi connectivity index (χ2n) is 12.3. The number of rotatable bonds is 16. The number of benzene rings is 2. The van der Waals surface area contributed by atoms with Gasteiger partial charge >= 0.3 is 5.97 Å². The molecule has 0 spiro atoms. The van der Waals surface area contributed by atoms with Crippen LogP contribution in [0.25, 0.3) is 10.4 Å². The predicted molar refractivity (Wildman–Crippen MR) is 181 cm³/mol. The van der Waals surface area contributed by atoms with E-state index < -0.39 is 22.2 Å². The van der Waals surface area contributed by atoms with Gasteiger partial charge in [0.1, 0.15) is 5.78 Å². The zero-order chi connectivity index (χ0) is 34.7.